The average molecular weight is 245 g/mol. The highest BCUT2D eigenvalue weighted by molar-refractivity contribution is 6.03. The zero-order valence-corrected chi connectivity index (χ0v) is 10.2. The molecular formula is C16H11N3. The molecule has 0 aliphatic rings. The molecule has 0 bridgehead atoms. The third-order valence-corrected chi connectivity index (χ3v) is 3.31. The number of nitrogens with zero attached hydrogens (tertiary/aromatic N) is 2. The van der Waals surface area contributed by atoms with Crippen molar-refractivity contribution in [1.82, 2.24) is 15.0 Å². The molecule has 90 valence electrons. The molecule has 3 nitrogen and oxygen atoms in total. The minimum atomic E-state index is 0.940. The minimum absolute atomic E-state index is 0.940. The smallest absolute Gasteiger partial charge is 0.0972 e. The summed E-state index contributed by atoms with van der Waals surface area (Å²) in [5.41, 5.74) is 3.86. The molecule has 3 aromatic heterocycles. The summed E-state index contributed by atoms with van der Waals surface area (Å²) in [6.45, 7) is 0. The molecule has 19 heavy (non-hydrogen) atoms. The van der Waals surface area contributed by atoms with Gasteiger partial charge in [-0.15, -0.1) is 0 Å². The number of fused-ring (bicyclic) bond motifs is 3. The molecule has 0 radical (unpaired) electrons. The maximum atomic E-state index is 4.75. The number of hydrogen-bond acceptors (Lipinski definition) is 2. The topological polar surface area (TPSA) is 41.6 Å². The largest absolute Gasteiger partial charge is 0.360 e. The Morgan fingerprint density at radius 1 is 0.789 bits per heavy atom. The van der Waals surface area contributed by atoms with Crippen molar-refractivity contribution in [3.05, 3.63) is 60.9 Å². The van der Waals surface area contributed by atoms with E-state index in [4.69, 9.17) is 4.98 Å². The van der Waals surface area contributed by atoms with Crippen LogP contribution in [0, 0.1) is 0 Å². The van der Waals surface area contributed by atoms with Gasteiger partial charge >= 0.3 is 0 Å². The van der Waals surface area contributed by atoms with E-state index in [2.05, 4.69) is 34.2 Å². The van der Waals surface area contributed by atoms with Gasteiger partial charge in [0, 0.05) is 23.2 Å². The summed E-state index contributed by atoms with van der Waals surface area (Å²) < 4.78 is 0. The van der Waals surface area contributed by atoms with Crippen LogP contribution < -0.4 is 0 Å². The summed E-state index contributed by atoms with van der Waals surface area (Å²) in [6.07, 6.45) is 3.72. The quantitative estimate of drug-likeness (QED) is 0.518. The van der Waals surface area contributed by atoms with Gasteiger partial charge in [0.15, 0.2) is 0 Å². The van der Waals surface area contributed by atoms with Crippen LogP contribution in [0.2, 0.25) is 0 Å². The van der Waals surface area contributed by atoms with Crippen molar-refractivity contribution in [2.75, 3.05) is 0 Å². The Kier molecular flexibility index (Phi) is 2.12. The van der Waals surface area contributed by atoms with E-state index < -0.39 is 0 Å². The molecule has 0 saturated heterocycles. The van der Waals surface area contributed by atoms with Gasteiger partial charge in [-0.05, 0) is 24.3 Å². The molecule has 0 spiro atoms. The van der Waals surface area contributed by atoms with Gasteiger partial charge in [-0.2, -0.15) is 0 Å². The van der Waals surface area contributed by atoms with Gasteiger partial charge in [-0.25, -0.2) is 4.98 Å². The SMILES string of the molecule is c1c[nH]c(-c2ccc3ccc4cccnc4c3n2)c1. The van der Waals surface area contributed by atoms with Crippen molar-refractivity contribution in [3.63, 3.8) is 0 Å². The average Bonchev–Trinajstić information content (AvgIpc) is 3.01. The van der Waals surface area contributed by atoms with Gasteiger partial charge in [-0.1, -0.05) is 24.3 Å². The molecule has 1 aromatic carbocycles. The highest BCUT2D eigenvalue weighted by Gasteiger charge is 2.05. The second kappa shape index (κ2) is 3.92. The first kappa shape index (κ1) is 10.3. The van der Waals surface area contributed by atoms with Crippen molar-refractivity contribution in [2.45, 2.75) is 0 Å². The summed E-state index contributed by atoms with van der Waals surface area (Å²) >= 11 is 0. The maximum Gasteiger partial charge on any atom is 0.0972 e. The zero-order chi connectivity index (χ0) is 12.7. The molecule has 3 heteroatoms. The summed E-state index contributed by atoms with van der Waals surface area (Å²) in [5, 5.41) is 2.23. The molecular weight excluding hydrogens is 234 g/mol. The van der Waals surface area contributed by atoms with Gasteiger partial charge in [0.25, 0.3) is 0 Å². The lowest BCUT2D eigenvalue weighted by Crippen LogP contribution is -1.88. The molecule has 3 heterocycles. The van der Waals surface area contributed by atoms with Crippen LogP contribution in [-0.4, -0.2) is 15.0 Å². The number of H-pyrrole nitrogens is 1. The van der Waals surface area contributed by atoms with Crippen LogP contribution in [-0.2, 0) is 0 Å². The highest BCUT2D eigenvalue weighted by atomic mass is 14.8. The van der Waals surface area contributed by atoms with Gasteiger partial charge in [0.1, 0.15) is 0 Å². The number of pyridine rings is 2. The van der Waals surface area contributed by atoms with E-state index in [0.717, 1.165) is 33.2 Å². The number of aromatic nitrogens is 3. The molecule has 0 fully saturated rings. The number of hydrogen-bond donors (Lipinski definition) is 1. The fourth-order valence-electron chi connectivity index (χ4n) is 2.36. The molecule has 0 aliphatic heterocycles. The predicted molar refractivity (Wildman–Crippen MR) is 76.8 cm³/mol. The lowest BCUT2D eigenvalue weighted by atomic mass is 10.1. The second-order valence-corrected chi connectivity index (χ2v) is 4.49. The van der Waals surface area contributed by atoms with Crippen molar-refractivity contribution in [2.24, 2.45) is 0 Å². The Morgan fingerprint density at radius 2 is 1.63 bits per heavy atom. The van der Waals surface area contributed by atoms with Crippen LogP contribution in [0.15, 0.2) is 60.9 Å². The van der Waals surface area contributed by atoms with E-state index in [-0.39, 0.29) is 0 Å². The first-order valence-corrected chi connectivity index (χ1v) is 6.20. The van der Waals surface area contributed by atoms with Gasteiger partial charge in [0.2, 0.25) is 0 Å². The molecule has 0 amide bonds. The molecule has 0 unspecified atom stereocenters. The Morgan fingerprint density at radius 3 is 2.47 bits per heavy atom. The van der Waals surface area contributed by atoms with Crippen LogP contribution in [0.5, 0.6) is 0 Å². The van der Waals surface area contributed by atoms with Gasteiger partial charge in [-0.3, -0.25) is 4.98 Å². The molecule has 0 atom stereocenters. The Hall–Kier alpha value is -2.68. The monoisotopic (exact) mass is 245 g/mol. The van der Waals surface area contributed by atoms with Crippen molar-refractivity contribution < 1.29 is 0 Å². The molecule has 0 aliphatic carbocycles. The standard InChI is InChI=1S/C16H11N3/c1-3-11-5-6-12-7-8-14(13-4-2-9-17-13)19-16(12)15(11)18-10-1/h1-10,17H. The summed E-state index contributed by atoms with van der Waals surface area (Å²) in [5.74, 6) is 0. The Labute approximate surface area is 110 Å². The van der Waals surface area contributed by atoms with Crippen LogP contribution in [0.25, 0.3) is 33.2 Å². The minimum Gasteiger partial charge on any atom is -0.360 e. The zero-order valence-electron chi connectivity index (χ0n) is 10.2. The molecule has 1 N–H and O–H groups in total. The third-order valence-electron chi connectivity index (χ3n) is 3.31. The lowest BCUT2D eigenvalue weighted by Gasteiger charge is -2.04. The van der Waals surface area contributed by atoms with E-state index in [1.165, 1.54) is 0 Å². The van der Waals surface area contributed by atoms with E-state index in [1.807, 2.05) is 36.7 Å². The summed E-state index contributed by atoms with van der Waals surface area (Å²) in [7, 11) is 0. The predicted octanol–water partition coefficient (Wildman–Crippen LogP) is 3.78. The van der Waals surface area contributed by atoms with Gasteiger partial charge in [0.05, 0.1) is 22.4 Å². The third kappa shape index (κ3) is 1.59. The fraction of sp³-hybridized carbons (Fsp3) is 0. The summed E-state index contributed by atoms with van der Waals surface area (Å²) in [6, 6.07) is 16.3. The molecule has 4 rings (SSSR count). The number of nitrogens with one attached hydrogen (secondary N) is 1. The lowest BCUT2D eigenvalue weighted by molar-refractivity contribution is 1.32. The first-order valence-electron chi connectivity index (χ1n) is 6.20. The van der Waals surface area contributed by atoms with Gasteiger partial charge < -0.3 is 4.98 Å². The highest BCUT2D eigenvalue weighted by Crippen LogP contribution is 2.24. The molecule has 4 aromatic rings. The number of aromatic amines is 1. The van der Waals surface area contributed by atoms with Crippen LogP contribution in [0.1, 0.15) is 0 Å². The van der Waals surface area contributed by atoms with Crippen LogP contribution in [0.3, 0.4) is 0 Å². The van der Waals surface area contributed by atoms with Crippen LogP contribution >= 0.6 is 0 Å². The first-order chi connectivity index (χ1) is 9.42. The van der Waals surface area contributed by atoms with Crippen molar-refractivity contribution in [3.8, 4) is 11.4 Å². The van der Waals surface area contributed by atoms with E-state index in [9.17, 15) is 0 Å². The summed E-state index contributed by atoms with van der Waals surface area (Å²) in [4.78, 5) is 12.4. The number of rotatable bonds is 1. The Bertz CT molecular complexity index is 864. The Balaban J connectivity index is 2.09. The van der Waals surface area contributed by atoms with E-state index >= 15 is 0 Å². The van der Waals surface area contributed by atoms with Crippen molar-refractivity contribution in [1.29, 1.82) is 0 Å². The molecule has 0 saturated carbocycles. The van der Waals surface area contributed by atoms with Crippen LogP contribution in [0.4, 0.5) is 0 Å². The van der Waals surface area contributed by atoms with E-state index in [1.54, 1.807) is 0 Å². The van der Waals surface area contributed by atoms with Crippen molar-refractivity contribution >= 4 is 21.8 Å². The number of benzene rings is 1. The normalized spacial score (nSPS) is 11.2. The fourth-order valence-corrected chi connectivity index (χ4v) is 2.36. The maximum absolute atomic E-state index is 4.75. The van der Waals surface area contributed by atoms with E-state index in [0.29, 0.717) is 0 Å². The second-order valence-electron chi connectivity index (χ2n) is 4.49.